The van der Waals surface area contributed by atoms with Gasteiger partial charge in [-0.3, -0.25) is 0 Å². The smallest absolute Gasteiger partial charge is 0.244 e. The molecule has 0 spiro atoms. The molecule has 7 aromatic carbocycles. The average molecular weight is 863 g/mol. The van der Waals surface area contributed by atoms with Gasteiger partial charge in [-0.25, -0.2) is 0 Å². The molecule has 0 bridgehead atoms. The van der Waals surface area contributed by atoms with Crippen LogP contribution >= 0.6 is 0 Å². The summed E-state index contributed by atoms with van der Waals surface area (Å²) in [4.78, 5) is 0. The fraction of sp³-hybridized carbons (Fsp3) is 0.267. The van der Waals surface area contributed by atoms with Crippen LogP contribution in [0.25, 0.3) is 93.5 Å². The summed E-state index contributed by atoms with van der Waals surface area (Å²) >= 11 is 0. The molecule has 0 saturated carbocycles. The molecule has 0 radical (unpaired) electrons. The Morgan fingerprint density at radius 2 is 1.15 bits per heavy atom. The van der Waals surface area contributed by atoms with Crippen LogP contribution in [0.5, 0.6) is 0 Å². The zero-order valence-corrected chi connectivity index (χ0v) is 39.8. The molecule has 326 valence electrons. The van der Waals surface area contributed by atoms with Crippen molar-refractivity contribution in [2.45, 2.75) is 104 Å². The molecule has 2 aliphatic rings. The molecule has 0 fully saturated rings. The van der Waals surface area contributed by atoms with Crippen molar-refractivity contribution in [3.05, 3.63) is 138 Å². The first kappa shape index (κ1) is 39.7. The summed E-state index contributed by atoms with van der Waals surface area (Å²) in [6.45, 7) is 23.2. The molecule has 1 aliphatic carbocycles. The van der Waals surface area contributed by atoms with E-state index in [0.717, 1.165) is 96.1 Å². The largest absolute Gasteiger partial charge is 0.469 e. The summed E-state index contributed by atoms with van der Waals surface area (Å²) in [5.41, 5.74) is 20.1. The van der Waals surface area contributed by atoms with Crippen LogP contribution < -0.4 is 16.4 Å². The molecule has 1 N–H and O–H groups in total. The number of hydrogen-bond acceptors (Lipinski definition) is 4. The molecule has 4 aromatic heterocycles. The van der Waals surface area contributed by atoms with Crippen molar-refractivity contribution in [1.82, 2.24) is 4.57 Å². The minimum Gasteiger partial charge on any atom is -0.469 e. The van der Waals surface area contributed by atoms with Crippen molar-refractivity contribution in [2.75, 3.05) is 5.32 Å². The van der Waals surface area contributed by atoms with Gasteiger partial charge in [-0.15, -0.1) is 0 Å². The quantitative estimate of drug-likeness (QED) is 0.180. The topological polar surface area (TPSA) is 56.4 Å². The van der Waals surface area contributed by atoms with Crippen molar-refractivity contribution >= 4 is 106 Å². The molecule has 11 aromatic rings. The molecule has 1 aliphatic heterocycles. The van der Waals surface area contributed by atoms with Crippen LogP contribution in [0.4, 0.5) is 11.4 Å². The van der Waals surface area contributed by atoms with E-state index in [-0.39, 0.29) is 21.7 Å². The number of nitrogens with zero attached hydrogens (tertiary/aromatic N) is 1. The van der Waals surface area contributed by atoms with Crippen molar-refractivity contribution in [1.29, 1.82) is 0 Å². The maximum atomic E-state index is 6.99. The molecular formula is C60H55BN2O3. The zero-order chi connectivity index (χ0) is 45.4. The van der Waals surface area contributed by atoms with Gasteiger partial charge in [-0.2, -0.15) is 0 Å². The monoisotopic (exact) mass is 862 g/mol. The highest BCUT2D eigenvalue weighted by molar-refractivity contribution is 6.73. The van der Waals surface area contributed by atoms with Crippen LogP contribution in [0.2, 0.25) is 0 Å². The van der Waals surface area contributed by atoms with E-state index in [4.69, 9.17) is 13.3 Å². The lowest BCUT2D eigenvalue weighted by Crippen LogP contribution is -2.36. The van der Waals surface area contributed by atoms with E-state index in [0.29, 0.717) is 7.28 Å². The van der Waals surface area contributed by atoms with Gasteiger partial charge in [0.25, 0.3) is 0 Å². The Kier molecular flexibility index (Phi) is 7.84. The predicted molar refractivity (Wildman–Crippen MR) is 279 cm³/mol. The highest BCUT2D eigenvalue weighted by Crippen LogP contribution is 2.50. The summed E-state index contributed by atoms with van der Waals surface area (Å²) in [7, 11) is 0.650. The van der Waals surface area contributed by atoms with Gasteiger partial charge in [0.2, 0.25) is 7.28 Å². The van der Waals surface area contributed by atoms with Gasteiger partial charge >= 0.3 is 0 Å². The minimum absolute atomic E-state index is 0.0236. The number of hydrogen-bond donors (Lipinski definition) is 1. The number of furan rings is 3. The van der Waals surface area contributed by atoms with Crippen LogP contribution in [0.15, 0.2) is 129 Å². The molecule has 0 saturated heterocycles. The van der Waals surface area contributed by atoms with Crippen LogP contribution in [-0.4, -0.2) is 11.8 Å². The predicted octanol–water partition coefficient (Wildman–Crippen LogP) is 15.4. The first-order valence-electron chi connectivity index (χ1n) is 23.8. The highest BCUT2D eigenvalue weighted by Gasteiger charge is 2.38. The first-order valence-corrected chi connectivity index (χ1v) is 23.8. The van der Waals surface area contributed by atoms with Gasteiger partial charge in [0.1, 0.15) is 27.9 Å². The van der Waals surface area contributed by atoms with Crippen molar-refractivity contribution in [2.24, 2.45) is 0 Å². The lowest BCUT2D eigenvalue weighted by Gasteiger charge is -2.41. The van der Waals surface area contributed by atoms with E-state index < -0.39 is 0 Å². The number of aromatic nitrogens is 1. The van der Waals surface area contributed by atoms with E-state index in [1.165, 1.54) is 55.0 Å². The number of benzene rings is 7. The van der Waals surface area contributed by atoms with Gasteiger partial charge in [0, 0.05) is 66.6 Å². The molecule has 5 heterocycles. The molecular weight excluding hydrogens is 807 g/mol. The van der Waals surface area contributed by atoms with Crippen LogP contribution in [0, 0.1) is 0 Å². The Morgan fingerprint density at radius 1 is 0.515 bits per heavy atom. The van der Waals surface area contributed by atoms with E-state index in [1.54, 1.807) is 0 Å². The average Bonchev–Trinajstić information content (AvgIpc) is 4.02. The second-order valence-electron chi connectivity index (χ2n) is 22.9. The third kappa shape index (κ3) is 5.66. The summed E-state index contributed by atoms with van der Waals surface area (Å²) in [6.07, 6.45) is 2.31. The Balaban J connectivity index is 1.11. The second-order valence-corrected chi connectivity index (χ2v) is 22.9. The second kappa shape index (κ2) is 13.0. The highest BCUT2D eigenvalue weighted by atomic mass is 16.3. The third-order valence-electron chi connectivity index (χ3n) is 15.6. The van der Waals surface area contributed by atoms with E-state index in [9.17, 15) is 0 Å². The lowest BCUT2D eigenvalue weighted by molar-refractivity contribution is 0.332. The number of para-hydroxylation sites is 1. The van der Waals surface area contributed by atoms with Crippen LogP contribution in [-0.2, 0) is 21.7 Å². The van der Waals surface area contributed by atoms with Crippen molar-refractivity contribution in [3.8, 4) is 16.8 Å². The summed E-state index contributed by atoms with van der Waals surface area (Å²) in [5.74, 6) is 0. The maximum absolute atomic E-state index is 6.99. The number of nitrogens with one attached hydrogen (secondary N) is 1. The fourth-order valence-corrected chi connectivity index (χ4v) is 11.6. The number of anilines is 2. The Hall–Kier alpha value is -6.66. The summed E-state index contributed by atoms with van der Waals surface area (Å²) in [5, 5.41) is 12.0. The van der Waals surface area contributed by atoms with E-state index in [2.05, 4.69) is 188 Å². The molecule has 6 heteroatoms. The molecule has 0 amide bonds. The Morgan fingerprint density at radius 3 is 1.91 bits per heavy atom. The fourth-order valence-electron chi connectivity index (χ4n) is 11.6. The maximum Gasteiger partial charge on any atom is 0.244 e. The Bertz CT molecular complexity index is 3890. The molecule has 66 heavy (non-hydrogen) atoms. The molecule has 5 nitrogen and oxygen atoms in total. The van der Waals surface area contributed by atoms with Gasteiger partial charge in [0.05, 0.1) is 22.6 Å². The molecule has 0 unspecified atom stereocenters. The van der Waals surface area contributed by atoms with Crippen molar-refractivity contribution < 1.29 is 13.3 Å². The molecule has 13 rings (SSSR count). The summed E-state index contributed by atoms with van der Waals surface area (Å²) in [6, 6.07) is 42.8. The van der Waals surface area contributed by atoms with E-state index >= 15 is 0 Å². The molecule has 0 atom stereocenters. The van der Waals surface area contributed by atoms with Crippen LogP contribution in [0.1, 0.15) is 104 Å². The minimum atomic E-state index is -0.0236. The standard InChI is InChI=1S/C60H55BN2O3/c1-57(2,3)32-15-18-34(19-16-32)62-46-30-51-41(42-28-44-45(29-50(42)65-51)60(9,10)24-23-59(44,7)8)26-38(46)36-20-21-37-39-27-40-35-13-11-12-14-48(35)64-52(40)31-47(39)63-54(37)53(36)61-56-55(63)43-25-33(58(4,5)6)17-22-49(43)66-56/h11-22,25-31,61-62H,23-24H2,1-10H3. The third-order valence-corrected chi connectivity index (χ3v) is 15.6. The first-order chi connectivity index (χ1) is 31.4. The van der Waals surface area contributed by atoms with Crippen LogP contribution in [0.3, 0.4) is 0 Å². The van der Waals surface area contributed by atoms with Gasteiger partial charge in [-0.1, -0.05) is 118 Å². The lowest BCUT2D eigenvalue weighted by atomic mass is 9.62. The van der Waals surface area contributed by atoms with Gasteiger partial charge in [0.15, 0.2) is 0 Å². The normalized spacial score (nSPS) is 15.7. The van der Waals surface area contributed by atoms with Gasteiger partial charge in [-0.05, 0) is 122 Å². The Labute approximate surface area is 386 Å². The SMILES string of the molecule is CC(C)(C)c1ccc(Nc2cc3oc4cc5c(cc4c3cc2-c2ccc3c4cc6c(cc4n4c3c2Bc2oc3ccc(C(C)(C)C)cc3c2-4)oc2ccccc26)C(C)(C)CCC5(C)C)cc1. The van der Waals surface area contributed by atoms with Crippen molar-refractivity contribution in [3.63, 3.8) is 0 Å². The van der Waals surface area contributed by atoms with Gasteiger partial charge < -0.3 is 23.1 Å². The van der Waals surface area contributed by atoms with E-state index in [1.807, 2.05) is 6.07 Å². The number of fused-ring (bicyclic) bond motifs is 14. The summed E-state index contributed by atoms with van der Waals surface area (Å²) < 4.78 is 23.0. The zero-order valence-electron chi connectivity index (χ0n) is 39.8. The number of rotatable bonds is 3.